The van der Waals surface area contributed by atoms with Crippen LogP contribution < -0.4 is 10.6 Å². The number of carboxylic acid groups (broad SMARTS) is 1. The van der Waals surface area contributed by atoms with Crippen LogP contribution in [0.4, 0.5) is 4.79 Å². The minimum atomic E-state index is -1.15. The van der Waals surface area contributed by atoms with E-state index in [-0.39, 0.29) is 19.1 Å². The summed E-state index contributed by atoms with van der Waals surface area (Å²) in [5, 5.41) is 14.2. The number of aliphatic carboxylic acids is 1. The maximum atomic E-state index is 12.6. The van der Waals surface area contributed by atoms with Crippen molar-refractivity contribution in [1.82, 2.24) is 10.6 Å². The summed E-state index contributed by atoms with van der Waals surface area (Å²) in [6, 6.07) is 6.93. The lowest BCUT2D eigenvalue weighted by atomic mass is 10.0. The molecule has 0 fully saturated rings. The molecule has 8 heteroatoms. The van der Waals surface area contributed by atoms with Crippen molar-refractivity contribution < 1.29 is 29.0 Å². The molecule has 0 unspecified atom stereocenters. The Labute approximate surface area is 165 Å². The molecule has 3 N–H and O–H groups in total. The van der Waals surface area contributed by atoms with Gasteiger partial charge in [-0.3, -0.25) is 4.79 Å². The van der Waals surface area contributed by atoms with Gasteiger partial charge in [-0.05, 0) is 32.3 Å². The molecule has 1 aromatic rings. The summed E-state index contributed by atoms with van der Waals surface area (Å²) < 4.78 is 10.7. The Morgan fingerprint density at radius 3 is 2.18 bits per heavy atom. The fourth-order valence-corrected chi connectivity index (χ4v) is 2.19. The van der Waals surface area contributed by atoms with Gasteiger partial charge in [0.2, 0.25) is 5.91 Å². The number of nitrogens with one attached hydrogen (secondary N) is 2. The molecule has 0 saturated carbocycles. The monoisotopic (exact) mass is 394 g/mol. The third kappa shape index (κ3) is 8.85. The zero-order chi connectivity index (χ0) is 21.3. The number of hydrogen-bond acceptors (Lipinski definition) is 5. The molecule has 0 saturated heterocycles. The van der Waals surface area contributed by atoms with Crippen LogP contribution in [0, 0.1) is 5.92 Å². The summed E-state index contributed by atoms with van der Waals surface area (Å²) in [6.07, 6.45) is -0.794. The van der Waals surface area contributed by atoms with Crippen molar-refractivity contribution >= 4 is 18.0 Å². The predicted molar refractivity (Wildman–Crippen MR) is 104 cm³/mol. The third-order valence-electron chi connectivity index (χ3n) is 3.73. The van der Waals surface area contributed by atoms with E-state index in [1.54, 1.807) is 26.0 Å². The van der Waals surface area contributed by atoms with Crippen LogP contribution >= 0.6 is 0 Å². The maximum absolute atomic E-state index is 12.6. The van der Waals surface area contributed by atoms with Gasteiger partial charge in [-0.2, -0.15) is 0 Å². The Morgan fingerprint density at radius 1 is 1.07 bits per heavy atom. The lowest BCUT2D eigenvalue weighted by Gasteiger charge is -2.26. The van der Waals surface area contributed by atoms with Gasteiger partial charge in [-0.15, -0.1) is 0 Å². The van der Waals surface area contributed by atoms with Crippen molar-refractivity contribution in [3.8, 4) is 0 Å². The first kappa shape index (κ1) is 23.4. The molecule has 0 heterocycles. The zero-order valence-corrected chi connectivity index (χ0v) is 17.0. The Kier molecular flexibility index (Phi) is 8.91. The molecule has 1 rings (SSSR count). The Balaban J connectivity index is 2.75. The number of rotatable bonds is 9. The molecule has 2 atom stereocenters. The highest BCUT2D eigenvalue weighted by atomic mass is 16.5. The number of carboxylic acids is 1. The number of hydrogen-bond donors (Lipinski definition) is 3. The lowest BCUT2D eigenvalue weighted by Crippen LogP contribution is -2.55. The highest BCUT2D eigenvalue weighted by Gasteiger charge is 2.30. The first-order chi connectivity index (χ1) is 13.0. The molecule has 0 bridgehead atoms. The van der Waals surface area contributed by atoms with Crippen LogP contribution in [-0.4, -0.2) is 47.4 Å². The van der Waals surface area contributed by atoms with Crippen molar-refractivity contribution in [3.05, 3.63) is 35.9 Å². The first-order valence-electron chi connectivity index (χ1n) is 9.14. The van der Waals surface area contributed by atoms with Gasteiger partial charge in [0.05, 0.1) is 12.2 Å². The number of amides is 2. The van der Waals surface area contributed by atoms with Crippen molar-refractivity contribution in [2.24, 2.45) is 5.92 Å². The molecular weight excluding hydrogens is 364 g/mol. The second kappa shape index (κ2) is 10.7. The minimum absolute atomic E-state index is 0.0465. The van der Waals surface area contributed by atoms with Crippen molar-refractivity contribution in [1.29, 1.82) is 0 Å². The van der Waals surface area contributed by atoms with E-state index >= 15 is 0 Å². The van der Waals surface area contributed by atoms with Gasteiger partial charge in [0.15, 0.2) is 0 Å². The SMILES string of the molecule is CC(C)[C@H](NC(=O)[C@H](COC(C)(C)C)NC(=O)OCc1ccccc1)C(=O)O. The summed E-state index contributed by atoms with van der Waals surface area (Å²) >= 11 is 0. The molecule has 0 aromatic heterocycles. The molecule has 1 aromatic carbocycles. The van der Waals surface area contributed by atoms with Crippen molar-refractivity contribution in [3.63, 3.8) is 0 Å². The number of ether oxygens (including phenoxy) is 2. The topological polar surface area (TPSA) is 114 Å². The van der Waals surface area contributed by atoms with E-state index in [0.29, 0.717) is 0 Å². The summed E-state index contributed by atoms with van der Waals surface area (Å²) in [7, 11) is 0. The molecule has 0 radical (unpaired) electrons. The second-order valence-corrected chi connectivity index (χ2v) is 7.75. The van der Waals surface area contributed by atoms with Crippen molar-refractivity contribution in [2.45, 2.75) is 58.9 Å². The van der Waals surface area contributed by atoms with E-state index in [1.807, 2.05) is 39.0 Å². The quantitative estimate of drug-likeness (QED) is 0.592. The molecule has 156 valence electrons. The Hall–Kier alpha value is -2.61. The molecule has 0 aliphatic rings. The van der Waals surface area contributed by atoms with E-state index in [4.69, 9.17) is 9.47 Å². The van der Waals surface area contributed by atoms with Gasteiger partial charge in [0.25, 0.3) is 0 Å². The van der Waals surface area contributed by atoms with Crippen LogP contribution in [0.1, 0.15) is 40.2 Å². The van der Waals surface area contributed by atoms with Gasteiger partial charge in [0, 0.05) is 0 Å². The smallest absolute Gasteiger partial charge is 0.408 e. The van der Waals surface area contributed by atoms with Crippen LogP contribution in [0.15, 0.2) is 30.3 Å². The Bertz CT molecular complexity index is 654. The zero-order valence-electron chi connectivity index (χ0n) is 17.0. The third-order valence-corrected chi connectivity index (χ3v) is 3.73. The van der Waals surface area contributed by atoms with Crippen molar-refractivity contribution in [2.75, 3.05) is 6.61 Å². The summed E-state index contributed by atoms with van der Waals surface area (Å²) in [5.74, 6) is -2.12. The van der Waals surface area contributed by atoms with Crippen LogP contribution in [-0.2, 0) is 25.7 Å². The van der Waals surface area contributed by atoms with E-state index < -0.39 is 35.7 Å². The molecule has 0 aliphatic carbocycles. The number of carbonyl (C=O) groups is 3. The molecule has 8 nitrogen and oxygen atoms in total. The fourth-order valence-electron chi connectivity index (χ4n) is 2.19. The predicted octanol–water partition coefficient (Wildman–Crippen LogP) is 2.32. The fraction of sp³-hybridized carbons (Fsp3) is 0.550. The first-order valence-corrected chi connectivity index (χ1v) is 9.14. The standard InChI is InChI=1S/C20H30N2O6/c1-13(2)16(18(24)25)22-17(23)15(12-28-20(3,4)5)21-19(26)27-11-14-9-7-6-8-10-14/h6-10,13,15-16H,11-12H2,1-5H3,(H,21,26)(H,22,23)(H,24,25)/t15-,16-/m0/s1. The van der Waals surface area contributed by atoms with Gasteiger partial charge in [0.1, 0.15) is 18.7 Å². The summed E-state index contributed by atoms with van der Waals surface area (Å²) in [5.41, 5.74) is 0.258. The lowest BCUT2D eigenvalue weighted by molar-refractivity contribution is -0.144. The van der Waals surface area contributed by atoms with Gasteiger partial charge in [-0.1, -0.05) is 44.2 Å². The maximum Gasteiger partial charge on any atom is 0.408 e. The Morgan fingerprint density at radius 2 is 1.68 bits per heavy atom. The number of carbonyl (C=O) groups excluding carboxylic acids is 2. The van der Waals surface area contributed by atoms with E-state index in [9.17, 15) is 19.5 Å². The van der Waals surface area contributed by atoms with E-state index in [0.717, 1.165) is 5.56 Å². The average molecular weight is 394 g/mol. The summed E-state index contributed by atoms with van der Waals surface area (Å²) in [4.78, 5) is 36.0. The molecule has 0 spiro atoms. The van der Waals surface area contributed by atoms with Crippen LogP contribution in [0.3, 0.4) is 0 Å². The number of alkyl carbamates (subject to hydrolysis) is 1. The second-order valence-electron chi connectivity index (χ2n) is 7.75. The van der Waals surface area contributed by atoms with Gasteiger partial charge in [-0.25, -0.2) is 9.59 Å². The van der Waals surface area contributed by atoms with E-state index in [1.165, 1.54) is 0 Å². The molecular formula is C20H30N2O6. The minimum Gasteiger partial charge on any atom is -0.480 e. The van der Waals surface area contributed by atoms with Crippen LogP contribution in [0.25, 0.3) is 0 Å². The highest BCUT2D eigenvalue weighted by molar-refractivity contribution is 5.89. The highest BCUT2D eigenvalue weighted by Crippen LogP contribution is 2.09. The molecule has 0 aliphatic heterocycles. The normalized spacial score (nSPS) is 13.5. The molecule has 28 heavy (non-hydrogen) atoms. The summed E-state index contributed by atoms with van der Waals surface area (Å²) in [6.45, 7) is 8.71. The van der Waals surface area contributed by atoms with E-state index in [2.05, 4.69) is 10.6 Å². The average Bonchev–Trinajstić information content (AvgIpc) is 2.60. The van der Waals surface area contributed by atoms with Gasteiger partial charge < -0.3 is 25.2 Å². The van der Waals surface area contributed by atoms with Gasteiger partial charge >= 0.3 is 12.1 Å². The van der Waals surface area contributed by atoms with Crippen LogP contribution in [0.2, 0.25) is 0 Å². The largest absolute Gasteiger partial charge is 0.480 e. The van der Waals surface area contributed by atoms with Crippen LogP contribution in [0.5, 0.6) is 0 Å². The number of benzene rings is 1. The molecule has 2 amide bonds.